The van der Waals surface area contributed by atoms with Gasteiger partial charge in [0.1, 0.15) is 0 Å². The molecule has 136 valence electrons. The summed E-state index contributed by atoms with van der Waals surface area (Å²) in [7, 11) is 0. The zero-order chi connectivity index (χ0) is 18.2. The lowest BCUT2D eigenvalue weighted by Gasteiger charge is -2.30. The number of hydrogen-bond acceptors (Lipinski definition) is 7. The van der Waals surface area contributed by atoms with Gasteiger partial charge in [0, 0.05) is 13.1 Å². The fourth-order valence-corrected chi connectivity index (χ4v) is 4.94. The number of aromatic nitrogens is 3. The average Bonchev–Trinajstić information content (AvgIpc) is 3.47. The van der Waals surface area contributed by atoms with Gasteiger partial charge in [0.25, 0.3) is 11.8 Å². The maximum atomic E-state index is 12.9. The van der Waals surface area contributed by atoms with Crippen LogP contribution in [0.4, 0.5) is 0 Å². The Morgan fingerprint density at radius 2 is 2.11 bits per heavy atom. The highest BCUT2D eigenvalue weighted by atomic mass is 32.1. The number of carbonyl (C=O) groups excluding carboxylic acids is 1. The molecule has 0 spiro atoms. The number of piperidine rings is 1. The van der Waals surface area contributed by atoms with Crippen LogP contribution in [0.3, 0.4) is 0 Å². The van der Waals surface area contributed by atoms with Crippen molar-refractivity contribution in [2.24, 2.45) is 0 Å². The quantitative estimate of drug-likeness (QED) is 0.512. The van der Waals surface area contributed by atoms with Gasteiger partial charge < -0.3 is 9.32 Å². The Bertz CT molecular complexity index is 1050. The lowest BCUT2D eigenvalue weighted by Crippen LogP contribution is -2.39. The predicted molar refractivity (Wildman–Crippen MR) is 105 cm³/mol. The molecule has 1 amide bonds. The minimum Gasteiger partial charge on any atom is -0.420 e. The highest BCUT2D eigenvalue weighted by Crippen LogP contribution is 2.31. The van der Waals surface area contributed by atoms with Crippen molar-refractivity contribution in [1.29, 1.82) is 0 Å². The molecule has 4 aromatic rings. The first kappa shape index (κ1) is 16.6. The zero-order valence-corrected chi connectivity index (χ0v) is 16.0. The van der Waals surface area contributed by atoms with Crippen molar-refractivity contribution in [3.05, 3.63) is 52.7 Å². The van der Waals surface area contributed by atoms with E-state index in [1.54, 1.807) is 11.3 Å². The van der Waals surface area contributed by atoms with Crippen LogP contribution >= 0.6 is 22.7 Å². The monoisotopic (exact) mass is 396 g/mol. The number of likely N-dealkylation sites (tertiary alicyclic amines) is 1. The van der Waals surface area contributed by atoms with Gasteiger partial charge >= 0.3 is 0 Å². The molecule has 1 unspecified atom stereocenters. The van der Waals surface area contributed by atoms with E-state index in [0.717, 1.165) is 34.5 Å². The second-order valence-corrected chi connectivity index (χ2v) is 8.48. The summed E-state index contributed by atoms with van der Waals surface area (Å²) in [6.45, 7) is 1.32. The third kappa shape index (κ3) is 3.15. The molecule has 8 heteroatoms. The Morgan fingerprint density at radius 1 is 1.19 bits per heavy atom. The molecule has 1 saturated heterocycles. The van der Waals surface area contributed by atoms with Crippen LogP contribution < -0.4 is 0 Å². The van der Waals surface area contributed by atoms with Crippen LogP contribution in [0.15, 0.2) is 46.2 Å². The normalized spacial score (nSPS) is 17.5. The van der Waals surface area contributed by atoms with Gasteiger partial charge in [-0.1, -0.05) is 18.2 Å². The van der Waals surface area contributed by atoms with E-state index in [9.17, 15) is 4.79 Å². The summed E-state index contributed by atoms with van der Waals surface area (Å²) >= 11 is 3.02. The summed E-state index contributed by atoms with van der Waals surface area (Å²) in [5.74, 6) is 1.21. The number of amides is 1. The Hall–Kier alpha value is -2.58. The summed E-state index contributed by atoms with van der Waals surface area (Å²) in [6, 6.07) is 11.8. The molecular formula is C19H16N4O2S2. The van der Waals surface area contributed by atoms with Crippen LogP contribution in [0.5, 0.6) is 0 Å². The summed E-state index contributed by atoms with van der Waals surface area (Å²) in [4.78, 5) is 20.3. The molecule has 0 saturated carbocycles. The standard InChI is InChI=1S/C19H16N4O2S2/c24-19(18-20-13-6-1-2-7-14(13)27-18)23-9-3-5-12(11-23)16-21-22-17(25-16)15-8-4-10-26-15/h1-2,4,6-8,10,12H,3,5,9,11H2. The highest BCUT2D eigenvalue weighted by molar-refractivity contribution is 7.20. The Kier molecular flexibility index (Phi) is 4.21. The number of thiazole rings is 1. The molecule has 27 heavy (non-hydrogen) atoms. The van der Waals surface area contributed by atoms with E-state index < -0.39 is 0 Å². The fraction of sp³-hybridized carbons (Fsp3) is 0.263. The largest absolute Gasteiger partial charge is 0.420 e. The van der Waals surface area contributed by atoms with Gasteiger partial charge in [0.05, 0.1) is 21.0 Å². The number of carbonyl (C=O) groups is 1. The Labute approximate surface area is 163 Å². The topological polar surface area (TPSA) is 72.1 Å². The lowest BCUT2D eigenvalue weighted by atomic mass is 9.98. The molecule has 1 aliphatic heterocycles. The van der Waals surface area contributed by atoms with Crippen LogP contribution in [0.1, 0.15) is 34.5 Å². The van der Waals surface area contributed by atoms with Crippen LogP contribution in [0.25, 0.3) is 21.0 Å². The number of fused-ring (bicyclic) bond motifs is 1. The van der Waals surface area contributed by atoms with Crippen LogP contribution in [0.2, 0.25) is 0 Å². The van der Waals surface area contributed by atoms with E-state index in [1.165, 1.54) is 11.3 Å². The Morgan fingerprint density at radius 3 is 2.96 bits per heavy atom. The molecule has 1 aromatic carbocycles. The second kappa shape index (κ2) is 6.86. The van der Waals surface area contributed by atoms with Crippen LogP contribution in [-0.2, 0) is 0 Å². The average molecular weight is 396 g/mol. The molecule has 0 bridgehead atoms. The third-order valence-corrected chi connectivity index (χ3v) is 6.59. The first-order valence-electron chi connectivity index (χ1n) is 8.80. The maximum absolute atomic E-state index is 12.9. The molecule has 4 heterocycles. The molecule has 1 fully saturated rings. The molecule has 5 rings (SSSR count). The van der Waals surface area contributed by atoms with E-state index in [2.05, 4.69) is 15.2 Å². The molecule has 6 nitrogen and oxygen atoms in total. The van der Waals surface area contributed by atoms with E-state index in [4.69, 9.17) is 4.42 Å². The lowest BCUT2D eigenvalue weighted by molar-refractivity contribution is 0.0698. The smallest absolute Gasteiger partial charge is 0.282 e. The SMILES string of the molecule is O=C(c1nc2ccccc2s1)N1CCCC(c2nnc(-c3cccs3)o2)C1. The molecule has 3 aromatic heterocycles. The molecule has 0 N–H and O–H groups in total. The van der Waals surface area contributed by atoms with Crippen molar-refractivity contribution in [2.75, 3.05) is 13.1 Å². The second-order valence-electron chi connectivity index (χ2n) is 6.50. The van der Waals surface area contributed by atoms with E-state index in [0.29, 0.717) is 23.3 Å². The highest BCUT2D eigenvalue weighted by Gasteiger charge is 2.30. The van der Waals surface area contributed by atoms with Crippen molar-refractivity contribution < 1.29 is 9.21 Å². The minimum absolute atomic E-state index is 0.0149. The zero-order valence-electron chi connectivity index (χ0n) is 14.4. The van der Waals surface area contributed by atoms with Gasteiger partial charge in [-0.25, -0.2) is 4.98 Å². The van der Waals surface area contributed by atoms with E-state index in [1.807, 2.05) is 46.7 Å². The molecule has 1 atom stereocenters. The first-order chi connectivity index (χ1) is 13.3. The molecule has 0 aliphatic carbocycles. The van der Waals surface area contributed by atoms with Gasteiger partial charge in [-0.15, -0.1) is 32.9 Å². The summed E-state index contributed by atoms with van der Waals surface area (Å²) in [6.07, 6.45) is 1.85. The van der Waals surface area contributed by atoms with Crippen molar-refractivity contribution in [3.63, 3.8) is 0 Å². The van der Waals surface area contributed by atoms with Crippen LogP contribution in [-0.4, -0.2) is 39.1 Å². The number of hydrogen-bond donors (Lipinski definition) is 0. The van der Waals surface area contributed by atoms with Crippen molar-refractivity contribution in [2.45, 2.75) is 18.8 Å². The number of rotatable bonds is 3. The van der Waals surface area contributed by atoms with Gasteiger partial charge in [-0.3, -0.25) is 4.79 Å². The minimum atomic E-state index is -0.0149. The summed E-state index contributed by atoms with van der Waals surface area (Å²) in [5, 5.41) is 10.9. The van der Waals surface area contributed by atoms with E-state index in [-0.39, 0.29) is 11.8 Å². The molecular weight excluding hydrogens is 380 g/mol. The number of thiophene rings is 1. The number of para-hydroxylation sites is 1. The third-order valence-electron chi connectivity index (χ3n) is 4.71. The Balaban J connectivity index is 1.35. The van der Waals surface area contributed by atoms with Crippen molar-refractivity contribution in [3.8, 4) is 10.8 Å². The molecule has 0 radical (unpaired) electrons. The van der Waals surface area contributed by atoms with Crippen LogP contribution in [0, 0.1) is 0 Å². The van der Waals surface area contributed by atoms with Gasteiger partial charge in [-0.2, -0.15) is 0 Å². The van der Waals surface area contributed by atoms with Gasteiger partial charge in [0.15, 0.2) is 5.01 Å². The summed E-state index contributed by atoms with van der Waals surface area (Å²) < 4.78 is 6.92. The van der Waals surface area contributed by atoms with Crippen molar-refractivity contribution >= 4 is 38.8 Å². The fourth-order valence-electron chi connectivity index (χ4n) is 3.36. The number of nitrogens with zero attached hydrogens (tertiary/aromatic N) is 4. The molecule has 1 aliphatic rings. The van der Waals surface area contributed by atoms with Gasteiger partial charge in [-0.05, 0) is 36.4 Å². The number of benzene rings is 1. The van der Waals surface area contributed by atoms with Crippen molar-refractivity contribution in [1.82, 2.24) is 20.1 Å². The predicted octanol–water partition coefficient (Wildman–Crippen LogP) is 4.43. The van der Waals surface area contributed by atoms with E-state index >= 15 is 0 Å². The first-order valence-corrected chi connectivity index (χ1v) is 10.5. The maximum Gasteiger partial charge on any atom is 0.282 e. The van der Waals surface area contributed by atoms with Gasteiger partial charge in [0.2, 0.25) is 5.89 Å². The summed E-state index contributed by atoms with van der Waals surface area (Å²) in [5.41, 5.74) is 0.872.